The SMILES string of the molecule is O=C(Oc1c(I)cc(I)cc1I)C1CCCCC1C(=O)Oc1c(F)c(F)c(S(=O)(=O)[O-])c(F)c1F. The Morgan fingerprint density at radius 1 is 0.800 bits per heavy atom. The fourth-order valence-corrected chi connectivity index (χ4v) is 8.00. The number of carbonyl (C=O) groups excluding carboxylic acids is 2. The van der Waals surface area contributed by atoms with Crippen molar-refractivity contribution in [1.82, 2.24) is 0 Å². The number of esters is 2. The maximum Gasteiger partial charge on any atom is 0.315 e. The second-order valence-electron chi connectivity index (χ2n) is 7.41. The molecule has 2 unspecified atom stereocenters. The molecule has 190 valence electrons. The van der Waals surface area contributed by atoms with E-state index in [0.717, 1.165) is 3.57 Å². The minimum atomic E-state index is -5.92. The minimum absolute atomic E-state index is 0.0562. The van der Waals surface area contributed by atoms with Crippen molar-refractivity contribution in [2.45, 2.75) is 30.6 Å². The van der Waals surface area contributed by atoms with Gasteiger partial charge in [-0.2, -0.15) is 8.78 Å². The summed E-state index contributed by atoms with van der Waals surface area (Å²) in [5.74, 6) is -15.9. The molecule has 1 aliphatic rings. The van der Waals surface area contributed by atoms with Gasteiger partial charge in [-0.05, 0) is 92.7 Å². The Bertz CT molecular complexity index is 1270. The van der Waals surface area contributed by atoms with Crippen LogP contribution >= 0.6 is 67.8 Å². The number of benzene rings is 2. The normalized spacial score (nSPS) is 18.3. The van der Waals surface area contributed by atoms with Gasteiger partial charge in [-0.15, -0.1) is 0 Å². The van der Waals surface area contributed by atoms with Gasteiger partial charge in [-0.25, -0.2) is 17.2 Å². The Hall–Kier alpha value is -0.800. The molecular formula is C20H12F4I3O7S-. The van der Waals surface area contributed by atoms with Gasteiger partial charge >= 0.3 is 11.9 Å². The van der Waals surface area contributed by atoms with Crippen LogP contribution in [0, 0.1) is 45.8 Å². The fourth-order valence-electron chi connectivity index (χ4n) is 3.57. The van der Waals surface area contributed by atoms with Crippen molar-refractivity contribution >= 4 is 89.8 Å². The number of hydrogen-bond donors (Lipinski definition) is 0. The van der Waals surface area contributed by atoms with E-state index in [1.165, 1.54) is 0 Å². The Balaban J connectivity index is 1.89. The highest BCUT2D eigenvalue weighted by molar-refractivity contribution is 14.1. The van der Waals surface area contributed by atoms with Crippen molar-refractivity contribution in [2.75, 3.05) is 0 Å². The molecule has 2 aromatic rings. The van der Waals surface area contributed by atoms with Crippen molar-refractivity contribution < 1.29 is 49.6 Å². The molecule has 0 heterocycles. The van der Waals surface area contributed by atoms with Crippen molar-refractivity contribution in [2.24, 2.45) is 11.8 Å². The minimum Gasteiger partial charge on any atom is -0.744 e. The zero-order chi connectivity index (χ0) is 26.2. The van der Waals surface area contributed by atoms with Crippen LogP contribution in [0.3, 0.4) is 0 Å². The highest BCUT2D eigenvalue weighted by Crippen LogP contribution is 2.37. The van der Waals surface area contributed by atoms with Gasteiger partial charge in [0.2, 0.25) is 17.4 Å². The third-order valence-corrected chi connectivity index (χ3v) is 8.26. The number of ether oxygens (including phenoxy) is 2. The average Bonchev–Trinajstić information content (AvgIpc) is 2.76. The van der Waals surface area contributed by atoms with Crippen LogP contribution in [-0.4, -0.2) is 24.9 Å². The molecule has 35 heavy (non-hydrogen) atoms. The lowest BCUT2D eigenvalue weighted by molar-refractivity contribution is -0.152. The zero-order valence-electron chi connectivity index (χ0n) is 17.0. The van der Waals surface area contributed by atoms with Crippen LogP contribution < -0.4 is 9.47 Å². The highest BCUT2D eigenvalue weighted by Gasteiger charge is 2.40. The van der Waals surface area contributed by atoms with Gasteiger partial charge in [0.25, 0.3) is 0 Å². The van der Waals surface area contributed by atoms with Crippen LogP contribution in [0.15, 0.2) is 17.0 Å². The largest absolute Gasteiger partial charge is 0.744 e. The molecule has 0 N–H and O–H groups in total. The van der Waals surface area contributed by atoms with Gasteiger partial charge in [0.1, 0.15) is 15.0 Å². The van der Waals surface area contributed by atoms with Gasteiger partial charge < -0.3 is 14.0 Å². The number of rotatable bonds is 5. The van der Waals surface area contributed by atoms with Gasteiger partial charge in [0, 0.05) is 3.57 Å². The van der Waals surface area contributed by atoms with Gasteiger partial charge in [-0.1, -0.05) is 12.8 Å². The Kier molecular flexibility index (Phi) is 9.29. The fraction of sp³-hybridized carbons (Fsp3) is 0.300. The predicted octanol–water partition coefficient (Wildman–Crippen LogP) is 5.28. The second-order valence-corrected chi connectivity index (χ2v) is 12.3. The molecule has 7 nitrogen and oxygen atoms in total. The molecule has 0 aromatic heterocycles. The van der Waals surface area contributed by atoms with Crippen LogP contribution in [0.5, 0.6) is 11.5 Å². The van der Waals surface area contributed by atoms with E-state index in [9.17, 15) is 40.1 Å². The Morgan fingerprint density at radius 3 is 1.60 bits per heavy atom. The average molecular weight is 853 g/mol. The number of halogens is 7. The summed E-state index contributed by atoms with van der Waals surface area (Å²) in [7, 11) is -5.92. The van der Waals surface area contributed by atoms with E-state index in [1.54, 1.807) is 12.1 Å². The summed E-state index contributed by atoms with van der Waals surface area (Å²) in [6.07, 6.45) is 1.22. The molecule has 3 rings (SSSR count). The first-order chi connectivity index (χ1) is 16.2. The topological polar surface area (TPSA) is 110 Å². The summed E-state index contributed by atoms with van der Waals surface area (Å²) in [6, 6.07) is 3.53. The van der Waals surface area contributed by atoms with Crippen LogP contribution in [-0.2, 0) is 19.7 Å². The van der Waals surface area contributed by atoms with Crippen molar-refractivity contribution in [1.29, 1.82) is 0 Å². The van der Waals surface area contributed by atoms with E-state index in [0.29, 0.717) is 20.0 Å². The van der Waals surface area contributed by atoms with E-state index >= 15 is 0 Å². The lowest BCUT2D eigenvalue weighted by atomic mass is 9.79. The Morgan fingerprint density at radius 2 is 1.20 bits per heavy atom. The molecule has 2 aromatic carbocycles. The quantitative estimate of drug-likeness (QED) is 0.101. The van der Waals surface area contributed by atoms with E-state index in [-0.39, 0.29) is 18.6 Å². The summed E-state index contributed by atoms with van der Waals surface area (Å²) in [4.78, 5) is 23.3. The maximum absolute atomic E-state index is 14.3. The molecule has 0 aliphatic heterocycles. The highest BCUT2D eigenvalue weighted by atomic mass is 127. The van der Waals surface area contributed by atoms with Crippen LogP contribution in [0.4, 0.5) is 17.6 Å². The van der Waals surface area contributed by atoms with E-state index in [1.807, 2.05) is 45.2 Å². The van der Waals surface area contributed by atoms with Crippen molar-refractivity contribution in [3.05, 3.63) is 46.1 Å². The van der Waals surface area contributed by atoms with Gasteiger partial charge in [0.15, 0.2) is 17.4 Å². The Labute approximate surface area is 237 Å². The third kappa shape index (κ3) is 6.20. The number of carbonyl (C=O) groups is 2. The standard InChI is InChI=1S/C20H13F4I3O7S/c21-12-14(23)18(35(30,31)32)15(24)13(22)17(12)34-20(29)9-4-2-1-3-8(9)19(28)33-16-10(26)5-7(25)6-11(16)27/h5-6,8-9H,1-4H2,(H,30,31,32)/p-1. The first-order valence-corrected chi connectivity index (χ1v) is 14.3. The van der Waals surface area contributed by atoms with Gasteiger partial charge in [0.05, 0.1) is 19.0 Å². The van der Waals surface area contributed by atoms with Crippen molar-refractivity contribution in [3.63, 3.8) is 0 Å². The predicted molar refractivity (Wildman–Crippen MR) is 136 cm³/mol. The molecule has 0 bridgehead atoms. The monoisotopic (exact) mass is 853 g/mol. The van der Waals surface area contributed by atoms with Gasteiger partial charge in [-0.3, -0.25) is 9.59 Å². The summed E-state index contributed by atoms with van der Waals surface area (Å²) >= 11 is 6.03. The first kappa shape index (κ1) is 28.8. The lowest BCUT2D eigenvalue weighted by Gasteiger charge is -2.28. The molecule has 0 amide bonds. The molecular weight excluding hydrogens is 841 g/mol. The molecule has 15 heteroatoms. The maximum atomic E-state index is 14.3. The first-order valence-electron chi connectivity index (χ1n) is 9.63. The van der Waals surface area contributed by atoms with E-state index in [2.05, 4.69) is 27.3 Å². The lowest BCUT2D eigenvalue weighted by Crippen LogP contribution is -2.37. The summed E-state index contributed by atoms with van der Waals surface area (Å²) < 4.78 is 102. The molecule has 2 atom stereocenters. The molecule has 1 fully saturated rings. The van der Waals surface area contributed by atoms with E-state index in [4.69, 9.17) is 4.74 Å². The van der Waals surface area contributed by atoms with Crippen LogP contribution in [0.2, 0.25) is 0 Å². The summed E-state index contributed by atoms with van der Waals surface area (Å²) in [6.45, 7) is 0. The molecule has 0 spiro atoms. The van der Waals surface area contributed by atoms with Crippen LogP contribution in [0.1, 0.15) is 25.7 Å². The summed E-state index contributed by atoms with van der Waals surface area (Å²) in [5, 5.41) is 0. The summed E-state index contributed by atoms with van der Waals surface area (Å²) in [5.41, 5.74) is 0. The van der Waals surface area contributed by atoms with E-state index < -0.39 is 67.8 Å². The number of hydrogen-bond acceptors (Lipinski definition) is 7. The zero-order valence-corrected chi connectivity index (χ0v) is 24.3. The molecule has 0 saturated heterocycles. The van der Waals surface area contributed by atoms with Crippen LogP contribution in [0.25, 0.3) is 0 Å². The van der Waals surface area contributed by atoms with Crippen molar-refractivity contribution in [3.8, 4) is 11.5 Å². The smallest absolute Gasteiger partial charge is 0.315 e. The molecule has 1 aliphatic carbocycles. The molecule has 1 saturated carbocycles. The second kappa shape index (κ2) is 11.3. The third-order valence-electron chi connectivity index (χ3n) is 5.17. The molecule has 0 radical (unpaired) electrons.